The van der Waals surface area contributed by atoms with E-state index in [4.69, 9.17) is 0 Å². The SMILES string of the molecule is CC1CNCCN1CC(=O)NC1CCCC1.Cl. The van der Waals surface area contributed by atoms with E-state index in [9.17, 15) is 4.79 Å². The van der Waals surface area contributed by atoms with E-state index in [0.717, 1.165) is 19.6 Å². The molecule has 2 rings (SSSR count). The number of hydrogen-bond acceptors (Lipinski definition) is 3. The van der Waals surface area contributed by atoms with E-state index in [-0.39, 0.29) is 18.3 Å². The third kappa shape index (κ3) is 4.45. The highest BCUT2D eigenvalue weighted by Gasteiger charge is 2.22. The van der Waals surface area contributed by atoms with Crippen LogP contribution in [0.4, 0.5) is 0 Å². The van der Waals surface area contributed by atoms with Crippen LogP contribution in [0.25, 0.3) is 0 Å². The Kier molecular flexibility index (Phi) is 6.23. The van der Waals surface area contributed by atoms with E-state index >= 15 is 0 Å². The van der Waals surface area contributed by atoms with Gasteiger partial charge >= 0.3 is 0 Å². The molecule has 100 valence electrons. The lowest BCUT2D eigenvalue weighted by Gasteiger charge is -2.33. The summed E-state index contributed by atoms with van der Waals surface area (Å²) >= 11 is 0. The second-order valence-electron chi connectivity index (χ2n) is 5.07. The van der Waals surface area contributed by atoms with Crippen LogP contribution < -0.4 is 10.6 Å². The van der Waals surface area contributed by atoms with Gasteiger partial charge < -0.3 is 10.6 Å². The molecule has 1 saturated heterocycles. The summed E-state index contributed by atoms with van der Waals surface area (Å²) in [6, 6.07) is 0.925. The van der Waals surface area contributed by atoms with Gasteiger partial charge in [0.15, 0.2) is 0 Å². The standard InChI is InChI=1S/C12H23N3O.ClH/c1-10-8-13-6-7-15(10)9-12(16)14-11-4-2-3-5-11;/h10-11,13H,2-9H2,1H3,(H,14,16);1H. The number of halogens is 1. The van der Waals surface area contributed by atoms with Crippen molar-refractivity contribution in [3.05, 3.63) is 0 Å². The molecule has 1 amide bonds. The molecule has 0 radical (unpaired) electrons. The van der Waals surface area contributed by atoms with Crippen LogP contribution in [0.1, 0.15) is 32.6 Å². The fourth-order valence-electron chi connectivity index (χ4n) is 2.65. The predicted octanol–water partition coefficient (Wildman–Crippen LogP) is 0.761. The number of carbonyl (C=O) groups is 1. The van der Waals surface area contributed by atoms with Gasteiger partial charge in [0.1, 0.15) is 0 Å². The molecule has 0 bridgehead atoms. The largest absolute Gasteiger partial charge is 0.352 e. The van der Waals surface area contributed by atoms with Gasteiger partial charge in [-0.05, 0) is 19.8 Å². The summed E-state index contributed by atoms with van der Waals surface area (Å²) < 4.78 is 0. The number of amides is 1. The van der Waals surface area contributed by atoms with Crippen molar-refractivity contribution in [2.24, 2.45) is 0 Å². The van der Waals surface area contributed by atoms with E-state index in [1.165, 1.54) is 25.7 Å². The normalized spacial score (nSPS) is 26.5. The lowest BCUT2D eigenvalue weighted by molar-refractivity contribution is -0.123. The van der Waals surface area contributed by atoms with Crippen molar-refractivity contribution in [3.8, 4) is 0 Å². The Balaban J connectivity index is 0.00000144. The van der Waals surface area contributed by atoms with E-state index in [1.54, 1.807) is 0 Å². The van der Waals surface area contributed by atoms with Gasteiger partial charge in [-0.2, -0.15) is 0 Å². The van der Waals surface area contributed by atoms with Gasteiger partial charge in [0.25, 0.3) is 0 Å². The maximum absolute atomic E-state index is 11.8. The lowest BCUT2D eigenvalue weighted by Crippen LogP contribution is -2.53. The Hall–Kier alpha value is -0.320. The molecule has 1 heterocycles. The smallest absolute Gasteiger partial charge is 0.234 e. The van der Waals surface area contributed by atoms with Crippen molar-refractivity contribution in [3.63, 3.8) is 0 Å². The number of nitrogens with zero attached hydrogens (tertiary/aromatic N) is 1. The second kappa shape index (κ2) is 7.19. The Morgan fingerprint density at radius 3 is 2.76 bits per heavy atom. The van der Waals surface area contributed by atoms with Crippen LogP contribution in [0.15, 0.2) is 0 Å². The third-order valence-electron chi connectivity index (χ3n) is 3.71. The van der Waals surface area contributed by atoms with Crippen LogP contribution in [0.5, 0.6) is 0 Å². The van der Waals surface area contributed by atoms with Crippen molar-refractivity contribution < 1.29 is 4.79 Å². The first kappa shape index (κ1) is 14.7. The number of hydrogen-bond donors (Lipinski definition) is 2. The number of carbonyl (C=O) groups excluding carboxylic acids is 1. The summed E-state index contributed by atoms with van der Waals surface area (Å²) in [5, 5.41) is 6.48. The van der Waals surface area contributed by atoms with Crippen molar-refractivity contribution >= 4 is 18.3 Å². The molecule has 0 aromatic carbocycles. The average molecular weight is 262 g/mol. The third-order valence-corrected chi connectivity index (χ3v) is 3.71. The maximum atomic E-state index is 11.8. The van der Waals surface area contributed by atoms with E-state index in [0.29, 0.717) is 18.6 Å². The summed E-state index contributed by atoms with van der Waals surface area (Å²) in [7, 11) is 0. The number of piperazine rings is 1. The quantitative estimate of drug-likeness (QED) is 0.789. The van der Waals surface area contributed by atoms with Gasteiger partial charge in [0, 0.05) is 31.7 Å². The van der Waals surface area contributed by atoms with Gasteiger partial charge in [-0.1, -0.05) is 12.8 Å². The van der Waals surface area contributed by atoms with E-state index in [1.807, 2.05) is 0 Å². The van der Waals surface area contributed by atoms with Gasteiger partial charge in [-0.25, -0.2) is 0 Å². The van der Waals surface area contributed by atoms with Crippen LogP contribution in [0.3, 0.4) is 0 Å². The average Bonchev–Trinajstić information content (AvgIpc) is 2.74. The molecule has 0 spiro atoms. The van der Waals surface area contributed by atoms with Crippen LogP contribution in [-0.4, -0.2) is 49.1 Å². The zero-order valence-electron chi connectivity index (χ0n) is 10.6. The fraction of sp³-hybridized carbons (Fsp3) is 0.917. The highest BCUT2D eigenvalue weighted by molar-refractivity contribution is 5.85. The fourth-order valence-corrected chi connectivity index (χ4v) is 2.65. The molecule has 17 heavy (non-hydrogen) atoms. The highest BCUT2D eigenvalue weighted by atomic mass is 35.5. The molecule has 1 aliphatic carbocycles. The lowest BCUT2D eigenvalue weighted by atomic mass is 10.2. The minimum atomic E-state index is 0. The Labute approximate surface area is 110 Å². The molecule has 2 N–H and O–H groups in total. The summed E-state index contributed by atoms with van der Waals surface area (Å²) in [5.74, 6) is 0.209. The van der Waals surface area contributed by atoms with E-state index < -0.39 is 0 Å². The molecule has 1 unspecified atom stereocenters. The van der Waals surface area contributed by atoms with E-state index in [2.05, 4.69) is 22.5 Å². The van der Waals surface area contributed by atoms with Gasteiger partial charge in [0.2, 0.25) is 5.91 Å². The minimum Gasteiger partial charge on any atom is -0.352 e. The molecular weight excluding hydrogens is 238 g/mol. The van der Waals surface area contributed by atoms with Crippen LogP contribution in [-0.2, 0) is 4.79 Å². The topological polar surface area (TPSA) is 44.4 Å². The number of rotatable bonds is 3. The zero-order valence-corrected chi connectivity index (χ0v) is 11.4. The summed E-state index contributed by atoms with van der Waals surface area (Å²) in [6.07, 6.45) is 4.88. The molecule has 2 fully saturated rings. The summed E-state index contributed by atoms with van der Waals surface area (Å²) in [5.41, 5.74) is 0. The molecule has 1 saturated carbocycles. The first-order chi connectivity index (χ1) is 7.75. The monoisotopic (exact) mass is 261 g/mol. The second-order valence-corrected chi connectivity index (χ2v) is 5.07. The first-order valence-electron chi connectivity index (χ1n) is 6.50. The molecule has 0 aromatic heterocycles. The zero-order chi connectivity index (χ0) is 11.4. The van der Waals surface area contributed by atoms with Crippen LogP contribution in [0, 0.1) is 0 Å². The first-order valence-corrected chi connectivity index (χ1v) is 6.50. The molecule has 0 aromatic rings. The number of nitrogens with one attached hydrogen (secondary N) is 2. The Morgan fingerprint density at radius 2 is 2.12 bits per heavy atom. The van der Waals surface area contributed by atoms with Crippen LogP contribution >= 0.6 is 12.4 Å². The molecule has 5 heteroatoms. The maximum Gasteiger partial charge on any atom is 0.234 e. The molecule has 4 nitrogen and oxygen atoms in total. The van der Waals surface area contributed by atoms with Gasteiger partial charge in [0.05, 0.1) is 6.54 Å². The summed E-state index contributed by atoms with van der Waals surface area (Å²) in [6.45, 7) is 5.73. The molecule has 2 aliphatic rings. The summed E-state index contributed by atoms with van der Waals surface area (Å²) in [4.78, 5) is 14.1. The van der Waals surface area contributed by atoms with Crippen molar-refractivity contribution in [1.82, 2.24) is 15.5 Å². The van der Waals surface area contributed by atoms with Crippen LogP contribution in [0.2, 0.25) is 0 Å². The Bertz CT molecular complexity index is 244. The van der Waals surface area contributed by atoms with Gasteiger partial charge in [-0.3, -0.25) is 9.69 Å². The molecular formula is C12H24ClN3O. The molecule has 1 atom stereocenters. The van der Waals surface area contributed by atoms with Crippen molar-refractivity contribution in [2.45, 2.75) is 44.7 Å². The highest BCUT2D eigenvalue weighted by Crippen LogP contribution is 2.17. The van der Waals surface area contributed by atoms with Crippen molar-refractivity contribution in [1.29, 1.82) is 0 Å². The predicted molar refractivity (Wildman–Crippen MR) is 71.6 cm³/mol. The van der Waals surface area contributed by atoms with Gasteiger partial charge in [-0.15, -0.1) is 12.4 Å². The Morgan fingerprint density at radius 1 is 1.41 bits per heavy atom. The van der Waals surface area contributed by atoms with Crippen molar-refractivity contribution in [2.75, 3.05) is 26.2 Å². The molecule has 1 aliphatic heterocycles. The minimum absolute atomic E-state index is 0.